The zero-order chi connectivity index (χ0) is 19.4. The van der Waals surface area contributed by atoms with Crippen LogP contribution in [0.25, 0.3) is 0 Å². The maximum atomic E-state index is 12.2. The van der Waals surface area contributed by atoms with Crippen molar-refractivity contribution in [3.63, 3.8) is 0 Å². The Labute approximate surface area is 160 Å². The van der Waals surface area contributed by atoms with Crippen molar-refractivity contribution in [1.82, 2.24) is 5.32 Å². The Kier molecular flexibility index (Phi) is 6.37. The summed E-state index contributed by atoms with van der Waals surface area (Å²) in [5, 5.41) is 5.66. The maximum Gasteiger partial charge on any atom is 0.319 e. The molecule has 7 heteroatoms. The number of aryl methyl sites for hydroxylation is 1. The van der Waals surface area contributed by atoms with Gasteiger partial charge in [-0.1, -0.05) is 31.0 Å². The van der Waals surface area contributed by atoms with Crippen molar-refractivity contribution in [2.45, 2.75) is 70.9 Å². The van der Waals surface area contributed by atoms with Gasteiger partial charge in [0.25, 0.3) is 0 Å². The van der Waals surface area contributed by atoms with E-state index in [2.05, 4.69) is 17.6 Å². The number of anilines is 1. The van der Waals surface area contributed by atoms with E-state index in [9.17, 15) is 4.79 Å². The van der Waals surface area contributed by atoms with Crippen molar-refractivity contribution in [2.24, 2.45) is 0 Å². The number of amides is 2. The van der Waals surface area contributed by atoms with Gasteiger partial charge in [-0.15, -0.1) is 0 Å². The highest BCUT2D eigenvalue weighted by Gasteiger charge is 2.55. The average Bonchev–Trinajstić information content (AvgIpc) is 3.09. The molecule has 7 nitrogen and oxygen atoms in total. The fourth-order valence-electron chi connectivity index (χ4n) is 3.29. The van der Waals surface area contributed by atoms with Crippen molar-refractivity contribution >= 4 is 11.7 Å². The molecule has 0 unspecified atom stereocenters. The first-order valence-electron chi connectivity index (χ1n) is 9.62. The standard InChI is InChI=1S/C20H30N2O5/c1-5-6-11-24-18-17-16(26-20(3,4)27-17)15(25-18)12-21-19(23)22-14-9-7-13(2)8-10-14/h7-10,15-18H,5-6,11-12H2,1-4H3,(H2,21,22,23)/t15-,16-,17-,18-/m0/s1. The third kappa shape index (κ3) is 5.19. The first kappa shape index (κ1) is 20.1. The summed E-state index contributed by atoms with van der Waals surface area (Å²) in [5.74, 6) is -0.687. The SMILES string of the molecule is CCCCO[C@H]1O[C@@H](CNC(=O)Nc2ccc(C)cc2)[C@@H]2OC(C)(C)O[C@H]12. The van der Waals surface area contributed by atoms with Crippen molar-refractivity contribution in [2.75, 3.05) is 18.5 Å². The Morgan fingerprint density at radius 1 is 1.19 bits per heavy atom. The smallest absolute Gasteiger partial charge is 0.319 e. The van der Waals surface area contributed by atoms with Crippen LogP contribution in [0.3, 0.4) is 0 Å². The lowest BCUT2D eigenvalue weighted by molar-refractivity contribution is -0.232. The molecule has 3 rings (SSSR count). The molecule has 0 aromatic heterocycles. The summed E-state index contributed by atoms with van der Waals surface area (Å²) in [5.41, 5.74) is 1.88. The second-order valence-corrected chi connectivity index (χ2v) is 7.53. The minimum absolute atomic E-state index is 0.272. The summed E-state index contributed by atoms with van der Waals surface area (Å²) in [7, 11) is 0. The van der Waals surface area contributed by atoms with E-state index in [1.807, 2.05) is 45.0 Å². The molecule has 1 aromatic rings. The largest absolute Gasteiger partial charge is 0.350 e. The van der Waals surface area contributed by atoms with Gasteiger partial charge in [0.1, 0.15) is 18.3 Å². The normalized spacial score (nSPS) is 28.7. The van der Waals surface area contributed by atoms with Gasteiger partial charge in [-0.3, -0.25) is 0 Å². The highest BCUT2D eigenvalue weighted by atomic mass is 16.8. The average molecular weight is 378 g/mol. The number of rotatable bonds is 7. The number of carbonyl (C=O) groups is 1. The molecule has 27 heavy (non-hydrogen) atoms. The van der Waals surface area contributed by atoms with Crippen molar-refractivity contribution in [3.8, 4) is 0 Å². The van der Waals surface area contributed by atoms with Crippen LogP contribution in [0.1, 0.15) is 39.2 Å². The molecule has 2 aliphatic heterocycles. The van der Waals surface area contributed by atoms with E-state index in [4.69, 9.17) is 18.9 Å². The topological polar surface area (TPSA) is 78.1 Å². The second kappa shape index (κ2) is 8.56. The maximum absolute atomic E-state index is 12.2. The van der Waals surface area contributed by atoms with E-state index in [0.29, 0.717) is 13.2 Å². The van der Waals surface area contributed by atoms with Crippen molar-refractivity contribution < 1.29 is 23.7 Å². The zero-order valence-electron chi connectivity index (χ0n) is 16.5. The van der Waals surface area contributed by atoms with Crippen molar-refractivity contribution in [3.05, 3.63) is 29.8 Å². The molecule has 1 aromatic carbocycles. The lowest BCUT2D eigenvalue weighted by Crippen LogP contribution is -2.41. The van der Waals surface area contributed by atoms with Crippen LogP contribution in [0.5, 0.6) is 0 Å². The minimum atomic E-state index is -0.687. The molecule has 0 spiro atoms. The first-order chi connectivity index (χ1) is 12.9. The molecule has 0 bridgehead atoms. The number of hydrogen-bond acceptors (Lipinski definition) is 5. The summed E-state index contributed by atoms with van der Waals surface area (Å²) >= 11 is 0. The number of unbranched alkanes of at least 4 members (excludes halogenated alkanes) is 1. The van der Waals surface area contributed by atoms with Crippen LogP contribution in [-0.2, 0) is 18.9 Å². The Bertz CT molecular complexity index is 634. The second-order valence-electron chi connectivity index (χ2n) is 7.53. The molecule has 2 aliphatic rings. The Hall–Kier alpha value is -1.67. The number of hydrogen-bond donors (Lipinski definition) is 2. The molecule has 4 atom stereocenters. The Balaban J connectivity index is 1.53. The third-order valence-corrected chi connectivity index (χ3v) is 4.66. The molecular formula is C20H30N2O5. The fraction of sp³-hybridized carbons (Fsp3) is 0.650. The van der Waals surface area contributed by atoms with E-state index in [-0.39, 0.29) is 24.3 Å². The van der Waals surface area contributed by atoms with Crippen molar-refractivity contribution in [1.29, 1.82) is 0 Å². The molecule has 2 heterocycles. The van der Waals surface area contributed by atoms with Gasteiger partial charge in [0, 0.05) is 18.8 Å². The van der Waals surface area contributed by atoms with Gasteiger partial charge in [-0.25, -0.2) is 4.79 Å². The summed E-state index contributed by atoms with van der Waals surface area (Å²) in [4.78, 5) is 12.2. The van der Waals surface area contributed by atoms with Crippen LogP contribution in [0.2, 0.25) is 0 Å². The van der Waals surface area contributed by atoms with Gasteiger partial charge in [0.2, 0.25) is 0 Å². The van der Waals surface area contributed by atoms with E-state index in [0.717, 1.165) is 24.1 Å². The van der Waals surface area contributed by atoms with Crippen LogP contribution in [-0.4, -0.2) is 49.6 Å². The van der Waals surface area contributed by atoms with Crippen LogP contribution in [0.15, 0.2) is 24.3 Å². The molecule has 2 saturated heterocycles. The summed E-state index contributed by atoms with van der Waals surface area (Å²) in [6.07, 6.45) is 0.648. The van der Waals surface area contributed by atoms with Crippen LogP contribution in [0, 0.1) is 6.92 Å². The molecule has 2 amide bonds. The summed E-state index contributed by atoms with van der Waals surface area (Å²) < 4.78 is 23.8. The van der Waals surface area contributed by atoms with Gasteiger partial charge in [0.05, 0.1) is 0 Å². The van der Waals surface area contributed by atoms with Crippen LogP contribution < -0.4 is 10.6 Å². The quantitative estimate of drug-likeness (QED) is 0.713. The highest BCUT2D eigenvalue weighted by molar-refractivity contribution is 5.89. The predicted octanol–water partition coefficient (Wildman–Crippen LogP) is 3.18. The lowest BCUT2D eigenvalue weighted by atomic mass is 10.1. The molecule has 150 valence electrons. The lowest BCUT2D eigenvalue weighted by Gasteiger charge is -2.24. The molecule has 2 N–H and O–H groups in total. The highest BCUT2D eigenvalue weighted by Crippen LogP contribution is 2.39. The van der Waals surface area contributed by atoms with Gasteiger partial charge in [-0.05, 0) is 39.3 Å². The van der Waals surface area contributed by atoms with Crippen LogP contribution in [0.4, 0.5) is 10.5 Å². The van der Waals surface area contributed by atoms with E-state index in [1.165, 1.54) is 0 Å². The minimum Gasteiger partial charge on any atom is -0.350 e. The first-order valence-corrected chi connectivity index (χ1v) is 9.62. The zero-order valence-corrected chi connectivity index (χ0v) is 16.5. The fourth-order valence-corrected chi connectivity index (χ4v) is 3.29. The monoisotopic (exact) mass is 378 g/mol. The molecule has 0 radical (unpaired) electrons. The number of fused-ring (bicyclic) bond motifs is 1. The predicted molar refractivity (Wildman–Crippen MR) is 102 cm³/mol. The summed E-state index contributed by atoms with van der Waals surface area (Å²) in [6, 6.07) is 7.35. The van der Waals surface area contributed by atoms with Gasteiger partial charge in [-0.2, -0.15) is 0 Å². The van der Waals surface area contributed by atoms with E-state index >= 15 is 0 Å². The van der Waals surface area contributed by atoms with Gasteiger partial charge in [0.15, 0.2) is 12.1 Å². The molecule has 0 saturated carbocycles. The van der Waals surface area contributed by atoms with Gasteiger partial charge >= 0.3 is 6.03 Å². The van der Waals surface area contributed by atoms with Crippen LogP contribution >= 0.6 is 0 Å². The van der Waals surface area contributed by atoms with E-state index in [1.54, 1.807) is 0 Å². The van der Waals surface area contributed by atoms with E-state index < -0.39 is 12.1 Å². The number of carbonyl (C=O) groups excluding carboxylic acids is 1. The number of nitrogens with one attached hydrogen (secondary N) is 2. The molecular weight excluding hydrogens is 348 g/mol. The Morgan fingerprint density at radius 2 is 1.89 bits per heavy atom. The molecule has 2 fully saturated rings. The number of ether oxygens (including phenoxy) is 4. The summed E-state index contributed by atoms with van der Waals surface area (Å²) in [6.45, 7) is 8.79. The number of urea groups is 1. The number of benzene rings is 1. The molecule has 0 aliphatic carbocycles. The van der Waals surface area contributed by atoms with Gasteiger partial charge < -0.3 is 29.6 Å². The Morgan fingerprint density at radius 3 is 2.59 bits per heavy atom. The third-order valence-electron chi connectivity index (χ3n) is 4.66.